The summed E-state index contributed by atoms with van der Waals surface area (Å²) in [6.45, 7) is 2.44. The van der Waals surface area contributed by atoms with Gasteiger partial charge < -0.3 is 9.73 Å². The van der Waals surface area contributed by atoms with Gasteiger partial charge in [0.05, 0.1) is 11.3 Å². The highest BCUT2D eigenvalue weighted by atomic mass is 32.2. The fourth-order valence-electron chi connectivity index (χ4n) is 1.45. The third-order valence-electron chi connectivity index (χ3n) is 2.43. The summed E-state index contributed by atoms with van der Waals surface area (Å²) in [4.78, 5) is 26.8. The third kappa shape index (κ3) is 4.85. The first-order chi connectivity index (χ1) is 10.7. The maximum absolute atomic E-state index is 11.6. The molecule has 2 N–H and O–H groups in total. The SMILES string of the molecule is CCCNC(=O)NC(=O)CSc1nnc(-c2cccnc2)o1. The minimum absolute atomic E-state index is 0.00815. The summed E-state index contributed by atoms with van der Waals surface area (Å²) < 4.78 is 5.41. The van der Waals surface area contributed by atoms with Crippen molar-refractivity contribution in [3.63, 3.8) is 0 Å². The molecule has 0 aliphatic carbocycles. The van der Waals surface area contributed by atoms with Crippen LogP contribution in [0.15, 0.2) is 34.2 Å². The fourth-order valence-corrected chi connectivity index (χ4v) is 2.01. The minimum Gasteiger partial charge on any atom is -0.411 e. The second-order valence-electron chi connectivity index (χ2n) is 4.21. The summed E-state index contributed by atoms with van der Waals surface area (Å²) in [5, 5.41) is 12.7. The van der Waals surface area contributed by atoms with Crippen LogP contribution in [0.1, 0.15) is 13.3 Å². The van der Waals surface area contributed by atoms with Gasteiger partial charge >= 0.3 is 6.03 Å². The van der Waals surface area contributed by atoms with Crippen molar-refractivity contribution in [2.45, 2.75) is 18.6 Å². The smallest absolute Gasteiger partial charge is 0.321 e. The van der Waals surface area contributed by atoms with Crippen molar-refractivity contribution >= 4 is 23.7 Å². The Kier molecular flexibility index (Phi) is 5.90. The number of nitrogens with zero attached hydrogens (tertiary/aromatic N) is 3. The summed E-state index contributed by atoms with van der Waals surface area (Å²) in [6, 6.07) is 3.04. The van der Waals surface area contributed by atoms with E-state index in [1.807, 2.05) is 6.92 Å². The molecule has 0 fully saturated rings. The standard InChI is InChI=1S/C13H15N5O3S/c1-2-5-15-12(20)16-10(19)8-22-13-18-17-11(21-13)9-4-3-6-14-7-9/h3-4,6-7H,2,5,8H2,1H3,(H2,15,16,19,20). The van der Waals surface area contributed by atoms with Crippen molar-refractivity contribution in [1.82, 2.24) is 25.8 Å². The first-order valence-corrected chi connectivity index (χ1v) is 7.62. The van der Waals surface area contributed by atoms with Crippen molar-refractivity contribution in [3.8, 4) is 11.5 Å². The van der Waals surface area contributed by atoms with Gasteiger partial charge in [0, 0.05) is 18.9 Å². The molecule has 8 nitrogen and oxygen atoms in total. The fraction of sp³-hybridized carbons (Fsp3) is 0.308. The molecule has 0 spiro atoms. The molecule has 0 unspecified atom stereocenters. The van der Waals surface area contributed by atoms with Crippen LogP contribution in [-0.4, -0.2) is 39.4 Å². The Balaban J connectivity index is 1.81. The number of amides is 3. The normalized spacial score (nSPS) is 10.2. The Bertz CT molecular complexity index is 632. The molecular formula is C13H15N5O3S. The molecular weight excluding hydrogens is 306 g/mol. The van der Waals surface area contributed by atoms with Crippen LogP contribution < -0.4 is 10.6 Å². The molecule has 22 heavy (non-hydrogen) atoms. The van der Waals surface area contributed by atoms with Gasteiger partial charge in [-0.2, -0.15) is 0 Å². The number of urea groups is 1. The first kappa shape index (κ1) is 16.0. The zero-order valence-corrected chi connectivity index (χ0v) is 12.7. The summed E-state index contributed by atoms with van der Waals surface area (Å²) in [6.07, 6.45) is 4.05. The average molecular weight is 321 g/mol. The Morgan fingerprint density at radius 1 is 1.36 bits per heavy atom. The van der Waals surface area contributed by atoms with E-state index in [0.29, 0.717) is 18.0 Å². The zero-order valence-electron chi connectivity index (χ0n) is 11.9. The molecule has 0 aliphatic rings. The molecule has 0 aliphatic heterocycles. The quantitative estimate of drug-likeness (QED) is 0.775. The van der Waals surface area contributed by atoms with Gasteiger partial charge in [0.1, 0.15) is 0 Å². The van der Waals surface area contributed by atoms with E-state index < -0.39 is 11.9 Å². The number of carbonyl (C=O) groups is 2. The van der Waals surface area contributed by atoms with Gasteiger partial charge in [-0.15, -0.1) is 10.2 Å². The minimum atomic E-state index is -0.506. The third-order valence-corrected chi connectivity index (χ3v) is 3.25. The highest BCUT2D eigenvalue weighted by Gasteiger charge is 2.12. The number of carbonyl (C=O) groups excluding carboxylic acids is 2. The van der Waals surface area contributed by atoms with Crippen molar-refractivity contribution < 1.29 is 14.0 Å². The number of hydrogen-bond donors (Lipinski definition) is 2. The van der Waals surface area contributed by atoms with Gasteiger partial charge in [-0.25, -0.2) is 4.79 Å². The van der Waals surface area contributed by atoms with Crippen LogP contribution >= 0.6 is 11.8 Å². The molecule has 2 aromatic rings. The van der Waals surface area contributed by atoms with Gasteiger partial charge in [-0.05, 0) is 18.6 Å². The monoisotopic (exact) mass is 321 g/mol. The van der Waals surface area contributed by atoms with Gasteiger partial charge in [-0.3, -0.25) is 15.1 Å². The predicted octanol–water partition coefficient (Wildman–Crippen LogP) is 1.46. The van der Waals surface area contributed by atoms with Crippen molar-refractivity contribution in [2.24, 2.45) is 0 Å². The van der Waals surface area contributed by atoms with Gasteiger partial charge in [-0.1, -0.05) is 18.7 Å². The van der Waals surface area contributed by atoms with E-state index in [4.69, 9.17) is 4.42 Å². The van der Waals surface area contributed by atoms with E-state index in [2.05, 4.69) is 25.8 Å². The van der Waals surface area contributed by atoms with E-state index in [-0.39, 0.29) is 11.0 Å². The lowest BCUT2D eigenvalue weighted by molar-refractivity contribution is -0.117. The molecule has 0 radical (unpaired) electrons. The first-order valence-electron chi connectivity index (χ1n) is 6.63. The van der Waals surface area contributed by atoms with Gasteiger partial charge in [0.15, 0.2) is 0 Å². The van der Waals surface area contributed by atoms with E-state index >= 15 is 0 Å². The number of pyridine rings is 1. The van der Waals surface area contributed by atoms with Crippen molar-refractivity contribution in [2.75, 3.05) is 12.3 Å². The lowest BCUT2D eigenvalue weighted by Crippen LogP contribution is -2.40. The Labute approximate surface area is 131 Å². The molecule has 0 bridgehead atoms. The van der Waals surface area contributed by atoms with Crippen LogP contribution in [0.5, 0.6) is 0 Å². The average Bonchev–Trinajstić information content (AvgIpc) is 3.01. The molecule has 0 aromatic carbocycles. The zero-order chi connectivity index (χ0) is 15.8. The molecule has 3 amide bonds. The van der Waals surface area contributed by atoms with Crippen LogP contribution in [0.25, 0.3) is 11.5 Å². The van der Waals surface area contributed by atoms with Gasteiger partial charge in [0.25, 0.3) is 5.22 Å². The van der Waals surface area contributed by atoms with Crippen molar-refractivity contribution in [3.05, 3.63) is 24.5 Å². The van der Waals surface area contributed by atoms with Crippen LogP contribution in [0.4, 0.5) is 4.79 Å². The largest absolute Gasteiger partial charge is 0.411 e. The molecule has 9 heteroatoms. The molecule has 2 rings (SSSR count). The van der Waals surface area contributed by atoms with Crippen molar-refractivity contribution in [1.29, 1.82) is 0 Å². The molecule has 2 aromatic heterocycles. The lowest BCUT2D eigenvalue weighted by atomic mass is 10.3. The number of rotatable bonds is 6. The number of imide groups is 1. The van der Waals surface area contributed by atoms with E-state index in [1.54, 1.807) is 24.5 Å². The summed E-state index contributed by atoms with van der Waals surface area (Å²) in [5.74, 6) is -0.0924. The van der Waals surface area contributed by atoms with Crippen LogP contribution in [0.3, 0.4) is 0 Å². The van der Waals surface area contributed by atoms with E-state index in [1.165, 1.54) is 0 Å². The topological polar surface area (TPSA) is 110 Å². The summed E-state index contributed by atoms with van der Waals surface area (Å²) in [7, 11) is 0. The number of nitrogens with one attached hydrogen (secondary N) is 2. The maximum Gasteiger partial charge on any atom is 0.321 e. The van der Waals surface area contributed by atoms with Crippen LogP contribution in [0.2, 0.25) is 0 Å². The molecule has 2 heterocycles. The molecule has 0 saturated heterocycles. The van der Waals surface area contributed by atoms with E-state index in [0.717, 1.165) is 18.2 Å². The molecule has 0 atom stereocenters. The number of thioether (sulfide) groups is 1. The lowest BCUT2D eigenvalue weighted by Gasteiger charge is -2.03. The number of aromatic nitrogens is 3. The predicted molar refractivity (Wildman–Crippen MR) is 80.1 cm³/mol. The maximum atomic E-state index is 11.6. The Morgan fingerprint density at radius 3 is 2.95 bits per heavy atom. The van der Waals surface area contributed by atoms with Gasteiger partial charge in [0.2, 0.25) is 11.8 Å². The highest BCUT2D eigenvalue weighted by molar-refractivity contribution is 7.99. The Morgan fingerprint density at radius 2 is 2.23 bits per heavy atom. The molecule has 116 valence electrons. The van der Waals surface area contributed by atoms with Crippen LogP contribution in [0, 0.1) is 0 Å². The molecule has 0 saturated carbocycles. The second-order valence-corrected chi connectivity index (χ2v) is 5.13. The summed E-state index contributed by atoms with van der Waals surface area (Å²) in [5.41, 5.74) is 0.699. The van der Waals surface area contributed by atoms with E-state index in [9.17, 15) is 9.59 Å². The number of hydrogen-bond acceptors (Lipinski definition) is 7. The summed E-state index contributed by atoms with van der Waals surface area (Å²) >= 11 is 1.06. The highest BCUT2D eigenvalue weighted by Crippen LogP contribution is 2.21. The van der Waals surface area contributed by atoms with Crippen LogP contribution in [-0.2, 0) is 4.79 Å². The Hall–Kier alpha value is -2.42. The second kappa shape index (κ2) is 8.13.